The standard InChI is InChI=1S/C12H12F3NO4/c1-3-7(2)11(17)20-10-5-4-8(16(18)19)6-9(10)12(13,14)15/h4-7H,3H2,1-2H3. The smallest absolute Gasteiger partial charge is 0.420 e. The SMILES string of the molecule is CCC(C)C(=O)Oc1ccc([N+](=O)[O-])cc1C(F)(F)F. The van der Waals surface area contributed by atoms with Crippen molar-refractivity contribution in [3.05, 3.63) is 33.9 Å². The summed E-state index contributed by atoms with van der Waals surface area (Å²) in [7, 11) is 0. The van der Waals surface area contributed by atoms with Crippen molar-refractivity contribution in [3.8, 4) is 5.75 Å². The molecule has 1 atom stereocenters. The second-order valence-corrected chi connectivity index (χ2v) is 4.17. The van der Waals surface area contributed by atoms with Gasteiger partial charge in [-0.3, -0.25) is 14.9 Å². The van der Waals surface area contributed by atoms with Gasteiger partial charge in [-0.25, -0.2) is 0 Å². The molecule has 1 unspecified atom stereocenters. The number of nitro benzene ring substituents is 1. The predicted molar refractivity (Wildman–Crippen MR) is 63.2 cm³/mol. The number of rotatable bonds is 4. The number of carbonyl (C=O) groups is 1. The van der Waals surface area contributed by atoms with Crippen LogP contribution >= 0.6 is 0 Å². The first-order valence-corrected chi connectivity index (χ1v) is 5.74. The quantitative estimate of drug-likeness (QED) is 0.368. The van der Waals surface area contributed by atoms with E-state index in [2.05, 4.69) is 4.74 Å². The maximum absolute atomic E-state index is 12.8. The first kappa shape index (κ1) is 15.9. The third-order valence-corrected chi connectivity index (χ3v) is 2.70. The maximum atomic E-state index is 12.8. The minimum absolute atomic E-state index is 0.346. The summed E-state index contributed by atoms with van der Waals surface area (Å²) in [5, 5.41) is 10.5. The first-order chi connectivity index (χ1) is 9.16. The Kier molecular flexibility index (Phi) is 4.69. The lowest BCUT2D eigenvalue weighted by Crippen LogP contribution is -2.19. The molecular weight excluding hydrogens is 279 g/mol. The number of benzene rings is 1. The summed E-state index contributed by atoms with van der Waals surface area (Å²) in [6.07, 6.45) is -4.44. The minimum Gasteiger partial charge on any atom is -0.426 e. The van der Waals surface area contributed by atoms with Gasteiger partial charge in [0.05, 0.1) is 10.8 Å². The van der Waals surface area contributed by atoms with Gasteiger partial charge in [0.1, 0.15) is 11.3 Å². The summed E-state index contributed by atoms with van der Waals surface area (Å²) in [4.78, 5) is 21.1. The maximum Gasteiger partial charge on any atom is 0.420 e. The van der Waals surface area contributed by atoms with Crippen molar-refractivity contribution in [3.63, 3.8) is 0 Å². The number of alkyl halides is 3. The molecule has 5 nitrogen and oxygen atoms in total. The van der Waals surface area contributed by atoms with Crippen molar-refractivity contribution in [2.45, 2.75) is 26.4 Å². The number of halogens is 3. The van der Waals surface area contributed by atoms with Gasteiger partial charge in [0.15, 0.2) is 0 Å². The number of hydrogen-bond donors (Lipinski definition) is 0. The topological polar surface area (TPSA) is 69.4 Å². The van der Waals surface area contributed by atoms with E-state index in [1.807, 2.05) is 0 Å². The van der Waals surface area contributed by atoms with Gasteiger partial charge in [-0.1, -0.05) is 13.8 Å². The van der Waals surface area contributed by atoms with E-state index >= 15 is 0 Å². The molecule has 0 aliphatic heterocycles. The molecule has 20 heavy (non-hydrogen) atoms. The van der Waals surface area contributed by atoms with Crippen LogP contribution in [0, 0.1) is 16.0 Å². The normalized spacial score (nSPS) is 12.8. The Morgan fingerprint density at radius 3 is 2.50 bits per heavy atom. The molecule has 8 heteroatoms. The summed E-state index contributed by atoms with van der Waals surface area (Å²) < 4.78 is 43.1. The van der Waals surface area contributed by atoms with Crippen molar-refractivity contribution in [2.75, 3.05) is 0 Å². The Balaban J connectivity index is 3.19. The highest BCUT2D eigenvalue weighted by Gasteiger charge is 2.37. The van der Waals surface area contributed by atoms with Crippen LogP contribution in [0.4, 0.5) is 18.9 Å². The molecule has 0 fully saturated rings. The molecule has 1 aromatic rings. The molecule has 1 aromatic carbocycles. The average molecular weight is 291 g/mol. The molecule has 0 aromatic heterocycles. The van der Waals surface area contributed by atoms with E-state index in [0.29, 0.717) is 12.5 Å². The molecule has 1 rings (SSSR count). The Bertz CT molecular complexity index is 528. The third-order valence-electron chi connectivity index (χ3n) is 2.70. The molecule has 0 saturated heterocycles. The van der Waals surface area contributed by atoms with E-state index < -0.39 is 40.0 Å². The van der Waals surface area contributed by atoms with Crippen LogP contribution in [0.15, 0.2) is 18.2 Å². The van der Waals surface area contributed by atoms with Gasteiger partial charge < -0.3 is 4.74 Å². The van der Waals surface area contributed by atoms with Crippen molar-refractivity contribution in [1.82, 2.24) is 0 Å². The minimum atomic E-state index is -4.85. The predicted octanol–water partition coefficient (Wildman–Crippen LogP) is 3.57. The third kappa shape index (κ3) is 3.69. The summed E-state index contributed by atoms with van der Waals surface area (Å²) in [5.41, 5.74) is -2.07. The average Bonchev–Trinajstić information content (AvgIpc) is 2.36. The molecule has 0 saturated carbocycles. The lowest BCUT2D eigenvalue weighted by molar-refractivity contribution is -0.385. The Morgan fingerprint density at radius 1 is 1.45 bits per heavy atom. The van der Waals surface area contributed by atoms with Crippen molar-refractivity contribution < 1.29 is 27.6 Å². The van der Waals surface area contributed by atoms with E-state index in [9.17, 15) is 28.1 Å². The van der Waals surface area contributed by atoms with Gasteiger partial charge in [-0.2, -0.15) is 13.2 Å². The number of hydrogen-bond acceptors (Lipinski definition) is 4. The van der Waals surface area contributed by atoms with Crippen molar-refractivity contribution >= 4 is 11.7 Å². The second kappa shape index (κ2) is 5.89. The van der Waals surface area contributed by atoms with Gasteiger partial charge in [0.2, 0.25) is 0 Å². The largest absolute Gasteiger partial charge is 0.426 e. The Labute approximate surface area is 112 Å². The van der Waals surface area contributed by atoms with E-state index in [4.69, 9.17) is 0 Å². The molecule has 0 spiro atoms. The van der Waals surface area contributed by atoms with Crippen LogP contribution in [-0.4, -0.2) is 10.9 Å². The lowest BCUT2D eigenvalue weighted by atomic mass is 10.1. The highest BCUT2D eigenvalue weighted by Crippen LogP contribution is 2.38. The summed E-state index contributed by atoms with van der Waals surface area (Å²) in [6.45, 7) is 3.20. The number of nitrogens with zero attached hydrogens (tertiary/aromatic N) is 1. The molecule has 0 aliphatic carbocycles. The molecule has 0 heterocycles. The zero-order valence-electron chi connectivity index (χ0n) is 10.7. The Hall–Kier alpha value is -2.12. The highest BCUT2D eigenvalue weighted by atomic mass is 19.4. The number of nitro groups is 1. The number of ether oxygens (including phenoxy) is 1. The fourth-order valence-corrected chi connectivity index (χ4v) is 1.32. The van der Waals surface area contributed by atoms with Gasteiger partial charge in [0.25, 0.3) is 5.69 Å². The van der Waals surface area contributed by atoms with Gasteiger partial charge in [-0.05, 0) is 12.5 Å². The van der Waals surface area contributed by atoms with E-state index in [0.717, 1.165) is 12.1 Å². The molecule has 0 N–H and O–H groups in total. The van der Waals surface area contributed by atoms with Crippen LogP contribution in [-0.2, 0) is 11.0 Å². The van der Waals surface area contributed by atoms with Gasteiger partial charge >= 0.3 is 12.1 Å². The summed E-state index contributed by atoms with van der Waals surface area (Å²) in [5.74, 6) is -2.11. The first-order valence-electron chi connectivity index (χ1n) is 5.74. The van der Waals surface area contributed by atoms with Crippen LogP contribution in [0.1, 0.15) is 25.8 Å². The number of non-ortho nitro benzene ring substituents is 1. The number of carbonyl (C=O) groups excluding carboxylic acids is 1. The van der Waals surface area contributed by atoms with Crippen LogP contribution in [0.5, 0.6) is 5.75 Å². The zero-order valence-corrected chi connectivity index (χ0v) is 10.7. The van der Waals surface area contributed by atoms with Crippen LogP contribution < -0.4 is 4.74 Å². The highest BCUT2D eigenvalue weighted by molar-refractivity contribution is 5.75. The van der Waals surface area contributed by atoms with Crippen LogP contribution in [0.3, 0.4) is 0 Å². The van der Waals surface area contributed by atoms with Crippen LogP contribution in [0.2, 0.25) is 0 Å². The zero-order chi connectivity index (χ0) is 15.5. The molecular formula is C12H12F3NO4. The van der Waals surface area contributed by atoms with Gasteiger partial charge in [-0.15, -0.1) is 0 Å². The Morgan fingerprint density at radius 2 is 2.05 bits per heavy atom. The molecule has 0 bridgehead atoms. The monoisotopic (exact) mass is 291 g/mol. The van der Waals surface area contributed by atoms with E-state index in [-0.39, 0.29) is 0 Å². The van der Waals surface area contributed by atoms with Gasteiger partial charge in [0, 0.05) is 12.1 Å². The second-order valence-electron chi connectivity index (χ2n) is 4.17. The van der Waals surface area contributed by atoms with Crippen molar-refractivity contribution in [2.24, 2.45) is 5.92 Å². The summed E-state index contributed by atoms with van der Waals surface area (Å²) in [6, 6.07) is 1.98. The number of esters is 1. The lowest BCUT2D eigenvalue weighted by Gasteiger charge is -2.14. The molecule has 0 amide bonds. The molecule has 0 aliphatic rings. The van der Waals surface area contributed by atoms with E-state index in [1.165, 1.54) is 6.92 Å². The summed E-state index contributed by atoms with van der Waals surface area (Å²) >= 11 is 0. The molecule has 110 valence electrons. The fourth-order valence-electron chi connectivity index (χ4n) is 1.32. The van der Waals surface area contributed by atoms with Crippen molar-refractivity contribution in [1.29, 1.82) is 0 Å². The fraction of sp³-hybridized carbons (Fsp3) is 0.417. The van der Waals surface area contributed by atoms with E-state index in [1.54, 1.807) is 6.92 Å². The molecule has 0 radical (unpaired) electrons. The van der Waals surface area contributed by atoms with Crippen LogP contribution in [0.25, 0.3) is 0 Å².